The van der Waals surface area contributed by atoms with E-state index in [-0.39, 0.29) is 16.8 Å². The molecule has 0 fully saturated rings. The summed E-state index contributed by atoms with van der Waals surface area (Å²) in [6, 6.07) is 5.35. The summed E-state index contributed by atoms with van der Waals surface area (Å²) in [6.07, 6.45) is 1.24. The smallest absolute Gasteiger partial charge is 0.352 e. The van der Waals surface area contributed by atoms with Gasteiger partial charge in [0.2, 0.25) is 0 Å². The minimum atomic E-state index is -1.18. The molecule has 92 valence electrons. The van der Waals surface area contributed by atoms with E-state index in [1.165, 1.54) is 24.4 Å². The van der Waals surface area contributed by atoms with Crippen molar-refractivity contribution < 1.29 is 19.1 Å². The van der Waals surface area contributed by atoms with E-state index >= 15 is 0 Å². The third-order valence-corrected chi connectivity index (χ3v) is 3.03. The number of aromatic nitrogens is 1. The Morgan fingerprint density at radius 3 is 2.61 bits per heavy atom. The van der Waals surface area contributed by atoms with E-state index < -0.39 is 17.6 Å². The van der Waals surface area contributed by atoms with Crippen molar-refractivity contribution in [2.75, 3.05) is 0 Å². The van der Waals surface area contributed by atoms with Gasteiger partial charge in [-0.05, 0) is 34.1 Å². The fourth-order valence-electron chi connectivity index (χ4n) is 1.51. The van der Waals surface area contributed by atoms with Crippen LogP contribution in [0.1, 0.15) is 26.4 Å². The molecule has 0 aliphatic heterocycles. The number of hydrogen-bond donors (Lipinski definition) is 2. The largest absolute Gasteiger partial charge is 0.477 e. The van der Waals surface area contributed by atoms with E-state index in [4.69, 9.17) is 5.11 Å². The van der Waals surface area contributed by atoms with E-state index in [1.807, 2.05) is 0 Å². The number of aromatic carboxylic acids is 1. The number of ketones is 1. The van der Waals surface area contributed by atoms with E-state index in [9.17, 15) is 14.0 Å². The average molecular weight is 312 g/mol. The lowest BCUT2D eigenvalue weighted by molar-refractivity contribution is 0.0691. The van der Waals surface area contributed by atoms with Gasteiger partial charge in [-0.2, -0.15) is 0 Å². The van der Waals surface area contributed by atoms with Gasteiger partial charge in [-0.25, -0.2) is 9.18 Å². The molecule has 6 heteroatoms. The monoisotopic (exact) mass is 311 g/mol. The first-order chi connectivity index (χ1) is 8.50. The highest BCUT2D eigenvalue weighted by Gasteiger charge is 2.19. The molecule has 0 spiro atoms. The molecular formula is C12H7BrFNO3. The number of rotatable bonds is 3. The second-order valence-corrected chi connectivity index (χ2v) is 4.39. The lowest BCUT2D eigenvalue weighted by Gasteiger charge is -2.02. The highest BCUT2D eigenvalue weighted by molar-refractivity contribution is 9.10. The van der Waals surface area contributed by atoms with Crippen LogP contribution >= 0.6 is 15.9 Å². The predicted molar refractivity (Wildman–Crippen MR) is 65.3 cm³/mol. The Labute approximate surface area is 110 Å². The van der Waals surface area contributed by atoms with E-state index in [0.717, 1.165) is 0 Å². The minimum Gasteiger partial charge on any atom is -0.477 e. The zero-order chi connectivity index (χ0) is 13.3. The quantitative estimate of drug-likeness (QED) is 0.856. The van der Waals surface area contributed by atoms with Crippen molar-refractivity contribution in [1.82, 2.24) is 4.98 Å². The molecule has 2 N–H and O–H groups in total. The molecule has 0 unspecified atom stereocenters. The van der Waals surface area contributed by atoms with Crippen LogP contribution in [0.15, 0.2) is 34.9 Å². The maximum absolute atomic E-state index is 13.6. The molecule has 1 heterocycles. The first-order valence-electron chi connectivity index (χ1n) is 4.91. The summed E-state index contributed by atoms with van der Waals surface area (Å²) >= 11 is 3.09. The predicted octanol–water partition coefficient (Wildman–Crippen LogP) is 2.85. The summed E-state index contributed by atoms with van der Waals surface area (Å²) in [4.78, 5) is 25.2. The number of carboxylic acid groups (broad SMARTS) is 1. The molecule has 0 amide bonds. The molecule has 0 radical (unpaired) electrons. The number of carbonyl (C=O) groups is 2. The van der Waals surface area contributed by atoms with Gasteiger partial charge in [0, 0.05) is 16.2 Å². The zero-order valence-electron chi connectivity index (χ0n) is 8.91. The minimum absolute atomic E-state index is 0.0956. The molecule has 1 aromatic carbocycles. The Bertz CT molecular complexity index is 616. The summed E-state index contributed by atoms with van der Waals surface area (Å²) in [5.74, 6) is -2.42. The molecule has 4 nitrogen and oxygen atoms in total. The molecule has 2 aromatic rings. The standard InChI is InChI=1S/C12H7BrFNO3/c13-7-2-1-3-8(14)10(7)11(16)6-4-9(12(17)18)15-5-6/h1-5,15H,(H,17,18). The van der Waals surface area contributed by atoms with Gasteiger partial charge in [0.15, 0.2) is 5.78 Å². The molecule has 0 saturated carbocycles. The molecular weight excluding hydrogens is 305 g/mol. The molecule has 2 rings (SSSR count). The summed E-state index contributed by atoms with van der Waals surface area (Å²) < 4.78 is 13.9. The van der Waals surface area contributed by atoms with Gasteiger partial charge in [-0.1, -0.05) is 6.07 Å². The molecule has 0 aliphatic rings. The van der Waals surface area contributed by atoms with Crippen LogP contribution in [0.4, 0.5) is 4.39 Å². The zero-order valence-corrected chi connectivity index (χ0v) is 10.5. The first kappa shape index (κ1) is 12.5. The molecule has 18 heavy (non-hydrogen) atoms. The van der Waals surface area contributed by atoms with Crippen molar-refractivity contribution in [1.29, 1.82) is 0 Å². The highest BCUT2D eigenvalue weighted by Crippen LogP contribution is 2.23. The number of carbonyl (C=O) groups excluding carboxylic acids is 1. The Kier molecular flexibility index (Phi) is 3.29. The Hall–Kier alpha value is -1.95. The van der Waals surface area contributed by atoms with Crippen molar-refractivity contribution in [2.24, 2.45) is 0 Å². The summed E-state index contributed by atoms with van der Waals surface area (Å²) in [5, 5.41) is 8.73. The van der Waals surface area contributed by atoms with Crippen LogP contribution in [0.25, 0.3) is 0 Å². The Morgan fingerprint density at radius 2 is 2.06 bits per heavy atom. The van der Waals surface area contributed by atoms with Crippen LogP contribution in [-0.2, 0) is 0 Å². The summed E-state index contributed by atoms with van der Waals surface area (Å²) in [5.41, 5.74) is -0.141. The third-order valence-electron chi connectivity index (χ3n) is 2.37. The number of carboxylic acids is 1. The molecule has 0 bridgehead atoms. The number of nitrogens with one attached hydrogen (secondary N) is 1. The van der Waals surface area contributed by atoms with Crippen LogP contribution in [0.3, 0.4) is 0 Å². The third kappa shape index (κ3) is 2.19. The average Bonchev–Trinajstić information content (AvgIpc) is 2.77. The van der Waals surface area contributed by atoms with E-state index in [2.05, 4.69) is 20.9 Å². The van der Waals surface area contributed by atoms with Crippen LogP contribution in [0, 0.1) is 5.82 Å². The van der Waals surface area contributed by atoms with E-state index in [1.54, 1.807) is 6.07 Å². The number of H-pyrrole nitrogens is 1. The molecule has 0 aliphatic carbocycles. The lowest BCUT2D eigenvalue weighted by atomic mass is 10.1. The Morgan fingerprint density at radius 1 is 1.33 bits per heavy atom. The number of halogens is 2. The second-order valence-electron chi connectivity index (χ2n) is 3.53. The normalized spacial score (nSPS) is 10.3. The number of benzene rings is 1. The van der Waals surface area contributed by atoms with Gasteiger partial charge in [-0.3, -0.25) is 4.79 Å². The van der Waals surface area contributed by atoms with Crippen LogP contribution in [0.2, 0.25) is 0 Å². The maximum Gasteiger partial charge on any atom is 0.352 e. The number of hydrogen-bond acceptors (Lipinski definition) is 2. The lowest BCUT2D eigenvalue weighted by Crippen LogP contribution is -2.04. The van der Waals surface area contributed by atoms with Crippen molar-refractivity contribution in [3.05, 3.63) is 57.6 Å². The van der Waals surface area contributed by atoms with Gasteiger partial charge in [0.25, 0.3) is 0 Å². The maximum atomic E-state index is 13.6. The van der Waals surface area contributed by atoms with Crippen molar-refractivity contribution in [3.63, 3.8) is 0 Å². The topological polar surface area (TPSA) is 70.2 Å². The molecule has 1 aromatic heterocycles. The SMILES string of the molecule is O=C(O)c1cc(C(=O)c2c(F)cccc2Br)c[nH]1. The molecule has 0 saturated heterocycles. The van der Waals surface area contributed by atoms with Crippen molar-refractivity contribution >= 4 is 27.7 Å². The van der Waals surface area contributed by atoms with Gasteiger partial charge >= 0.3 is 5.97 Å². The van der Waals surface area contributed by atoms with Crippen molar-refractivity contribution in [3.8, 4) is 0 Å². The van der Waals surface area contributed by atoms with Gasteiger partial charge in [0.05, 0.1) is 5.56 Å². The fraction of sp³-hybridized carbons (Fsp3) is 0. The van der Waals surface area contributed by atoms with Crippen molar-refractivity contribution in [2.45, 2.75) is 0 Å². The summed E-state index contributed by atoms with van der Waals surface area (Å²) in [7, 11) is 0. The second kappa shape index (κ2) is 4.73. The molecule has 0 atom stereocenters. The van der Waals surface area contributed by atoms with Gasteiger partial charge in [-0.15, -0.1) is 0 Å². The van der Waals surface area contributed by atoms with Crippen LogP contribution < -0.4 is 0 Å². The van der Waals surface area contributed by atoms with Crippen LogP contribution in [0.5, 0.6) is 0 Å². The first-order valence-corrected chi connectivity index (χ1v) is 5.70. The van der Waals surface area contributed by atoms with E-state index in [0.29, 0.717) is 4.47 Å². The number of aromatic amines is 1. The van der Waals surface area contributed by atoms with Gasteiger partial charge in [0.1, 0.15) is 11.5 Å². The summed E-state index contributed by atoms with van der Waals surface area (Å²) in [6.45, 7) is 0. The van der Waals surface area contributed by atoms with Crippen LogP contribution in [-0.4, -0.2) is 21.8 Å². The highest BCUT2D eigenvalue weighted by atomic mass is 79.9. The van der Waals surface area contributed by atoms with Gasteiger partial charge < -0.3 is 10.1 Å². The fourth-order valence-corrected chi connectivity index (χ4v) is 2.03. The Balaban J connectivity index is 2.45.